The predicted molar refractivity (Wildman–Crippen MR) is 40.3 cm³/mol. The van der Waals surface area contributed by atoms with Crippen molar-refractivity contribution in [2.24, 2.45) is 11.1 Å². The maximum Gasteiger partial charge on any atom is 0.263 e. The second-order valence-corrected chi connectivity index (χ2v) is 4.93. The quantitative estimate of drug-likeness (QED) is 0.724. The van der Waals surface area contributed by atoms with Crippen LogP contribution in [0, 0.1) is 5.92 Å². The maximum atomic E-state index is 12.8. The van der Waals surface area contributed by atoms with Crippen molar-refractivity contribution >= 4 is 10.0 Å². The van der Waals surface area contributed by atoms with Gasteiger partial charge in [-0.15, -0.1) is 0 Å². The van der Waals surface area contributed by atoms with Crippen LogP contribution in [0.5, 0.6) is 0 Å². The maximum absolute atomic E-state index is 12.8. The van der Waals surface area contributed by atoms with Crippen LogP contribution >= 0.6 is 0 Å². The Labute approximate surface area is 70.0 Å². The molecule has 1 aliphatic carbocycles. The third kappa shape index (κ3) is 3.96. The van der Waals surface area contributed by atoms with Crippen LogP contribution < -0.4 is 5.14 Å². The molecule has 0 heterocycles. The molecule has 1 fully saturated rings. The van der Waals surface area contributed by atoms with Crippen molar-refractivity contribution in [3.8, 4) is 0 Å². The van der Waals surface area contributed by atoms with Gasteiger partial charge in [0.25, 0.3) is 5.92 Å². The van der Waals surface area contributed by atoms with Crippen molar-refractivity contribution in [3.63, 3.8) is 0 Å². The molecule has 3 nitrogen and oxygen atoms in total. The minimum absolute atomic E-state index is 0.00162. The van der Waals surface area contributed by atoms with Gasteiger partial charge in [0.1, 0.15) is 5.75 Å². The fraction of sp³-hybridized carbons (Fsp3) is 1.00. The van der Waals surface area contributed by atoms with E-state index in [0.29, 0.717) is 0 Å². The van der Waals surface area contributed by atoms with Crippen molar-refractivity contribution < 1.29 is 17.2 Å². The van der Waals surface area contributed by atoms with Gasteiger partial charge >= 0.3 is 0 Å². The van der Waals surface area contributed by atoms with Gasteiger partial charge < -0.3 is 0 Å². The molecule has 0 saturated heterocycles. The fourth-order valence-electron chi connectivity index (χ4n) is 1.10. The molecular formula is C6H11F2NO2S. The van der Waals surface area contributed by atoms with Gasteiger partial charge in [-0.25, -0.2) is 22.3 Å². The summed E-state index contributed by atoms with van der Waals surface area (Å²) < 4.78 is 46.2. The first-order valence-electron chi connectivity index (χ1n) is 3.67. The van der Waals surface area contributed by atoms with Gasteiger partial charge in [0, 0.05) is 6.42 Å². The number of hydrogen-bond acceptors (Lipinski definition) is 2. The largest absolute Gasteiger partial charge is 0.263 e. The summed E-state index contributed by atoms with van der Waals surface area (Å²) in [6.45, 7) is 0. The van der Waals surface area contributed by atoms with E-state index in [1.807, 2.05) is 0 Å². The van der Waals surface area contributed by atoms with E-state index in [1.54, 1.807) is 0 Å². The molecule has 1 rings (SSSR count). The molecule has 0 aromatic heterocycles. The number of alkyl halides is 2. The zero-order chi connectivity index (χ0) is 9.41. The summed E-state index contributed by atoms with van der Waals surface area (Å²) in [5, 5.41) is 4.51. The molecule has 12 heavy (non-hydrogen) atoms. The number of halogens is 2. The first-order chi connectivity index (χ1) is 5.29. The highest BCUT2D eigenvalue weighted by Crippen LogP contribution is 2.39. The van der Waals surface area contributed by atoms with Crippen LogP contribution in [0.15, 0.2) is 0 Å². The first kappa shape index (κ1) is 9.85. The number of sulfonamides is 1. The predicted octanol–water partition coefficient (Wildman–Crippen LogP) is 0.710. The van der Waals surface area contributed by atoms with Crippen molar-refractivity contribution in [1.29, 1.82) is 0 Å². The van der Waals surface area contributed by atoms with E-state index >= 15 is 0 Å². The molecule has 0 bridgehead atoms. The number of nitrogens with two attached hydrogens (primary N) is 1. The van der Waals surface area contributed by atoms with E-state index in [1.165, 1.54) is 0 Å². The topological polar surface area (TPSA) is 60.2 Å². The number of rotatable bonds is 4. The molecule has 1 aliphatic rings. The molecule has 0 spiro atoms. The van der Waals surface area contributed by atoms with Crippen LogP contribution in [-0.2, 0) is 10.0 Å². The first-order valence-corrected chi connectivity index (χ1v) is 5.38. The van der Waals surface area contributed by atoms with Crippen LogP contribution in [-0.4, -0.2) is 20.1 Å². The Morgan fingerprint density at radius 3 is 2.25 bits per heavy atom. The lowest BCUT2D eigenvalue weighted by Gasteiger charge is -2.13. The minimum Gasteiger partial charge on any atom is -0.229 e. The number of primary sulfonamides is 1. The van der Waals surface area contributed by atoms with Gasteiger partial charge in [0.15, 0.2) is 0 Å². The van der Waals surface area contributed by atoms with Gasteiger partial charge in [-0.3, -0.25) is 0 Å². The Morgan fingerprint density at radius 2 is 1.92 bits per heavy atom. The summed E-state index contributed by atoms with van der Waals surface area (Å²) in [5.74, 6) is -4.37. The summed E-state index contributed by atoms with van der Waals surface area (Å²) in [4.78, 5) is 0. The average Bonchev–Trinajstić information content (AvgIpc) is 2.39. The summed E-state index contributed by atoms with van der Waals surface area (Å²) in [6, 6.07) is 0. The highest BCUT2D eigenvalue weighted by Gasteiger charge is 2.40. The van der Waals surface area contributed by atoms with Crippen molar-refractivity contribution in [1.82, 2.24) is 0 Å². The SMILES string of the molecule is NS(=O)(=O)CC(F)(F)CC1CC1. The number of hydrogen-bond donors (Lipinski definition) is 1. The van der Waals surface area contributed by atoms with Gasteiger partial charge in [-0.05, 0) is 18.8 Å². The standard InChI is InChI=1S/C6H11F2NO2S/c7-6(8,3-5-1-2-5)4-12(9,10)11/h5H,1-4H2,(H2,9,10,11). The molecule has 0 aromatic carbocycles. The molecule has 6 heteroatoms. The van der Waals surface area contributed by atoms with Crippen LogP contribution in [0.3, 0.4) is 0 Å². The Morgan fingerprint density at radius 1 is 1.42 bits per heavy atom. The van der Waals surface area contributed by atoms with E-state index in [-0.39, 0.29) is 12.3 Å². The molecule has 0 aliphatic heterocycles. The Kier molecular flexibility index (Phi) is 2.40. The highest BCUT2D eigenvalue weighted by atomic mass is 32.2. The van der Waals surface area contributed by atoms with E-state index in [9.17, 15) is 17.2 Å². The molecule has 0 aromatic rings. The average molecular weight is 199 g/mol. The lowest BCUT2D eigenvalue weighted by atomic mass is 10.2. The van der Waals surface area contributed by atoms with E-state index < -0.39 is 21.7 Å². The smallest absolute Gasteiger partial charge is 0.229 e. The van der Waals surface area contributed by atoms with Crippen LogP contribution in [0.25, 0.3) is 0 Å². The molecule has 2 N–H and O–H groups in total. The third-order valence-electron chi connectivity index (χ3n) is 1.70. The molecule has 72 valence electrons. The Hall–Kier alpha value is -0.230. The van der Waals surface area contributed by atoms with Crippen LogP contribution in [0.1, 0.15) is 19.3 Å². The van der Waals surface area contributed by atoms with E-state index in [4.69, 9.17) is 0 Å². The lowest BCUT2D eigenvalue weighted by Crippen LogP contribution is -2.32. The molecular weight excluding hydrogens is 188 g/mol. The van der Waals surface area contributed by atoms with Gasteiger partial charge in [0.05, 0.1) is 0 Å². The molecule has 0 radical (unpaired) electrons. The van der Waals surface area contributed by atoms with Crippen molar-refractivity contribution in [3.05, 3.63) is 0 Å². The van der Waals surface area contributed by atoms with E-state index in [2.05, 4.69) is 5.14 Å². The zero-order valence-corrected chi connectivity index (χ0v) is 7.28. The van der Waals surface area contributed by atoms with Gasteiger partial charge in [0.2, 0.25) is 10.0 Å². The molecule has 1 saturated carbocycles. The van der Waals surface area contributed by atoms with E-state index in [0.717, 1.165) is 12.8 Å². The Bertz CT molecular complexity index is 259. The van der Waals surface area contributed by atoms with Crippen LogP contribution in [0.4, 0.5) is 8.78 Å². The summed E-state index contributed by atoms with van der Waals surface area (Å²) in [7, 11) is -4.05. The van der Waals surface area contributed by atoms with Gasteiger partial charge in [-0.1, -0.05) is 0 Å². The van der Waals surface area contributed by atoms with Crippen molar-refractivity contribution in [2.75, 3.05) is 5.75 Å². The van der Waals surface area contributed by atoms with Crippen LogP contribution in [0.2, 0.25) is 0 Å². The zero-order valence-electron chi connectivity index (χ0n) is 6.46. The van der Waals surface area contributed by atoms with Gasteiger partial charge in [-0.2, -0.15) is 0 Å². The summed E-state index contributed by atoms with van der Waals surface area (Å²) in [6.07, 6.45) is 1.21. The monoisotopic (exact) mass is 199 g/mol. The molecule has 0 amide bonds. The fourth-order valence-corrected chi connectivity index (χ4v) is 1.80. The second kappa shape index (κ2) is 2.92. The highest BCUT2D eigenvalue weighted by molar-refractivity contribution is 7.89. The molecule has 0 unspecified atom stereocenters. The second-order valence-electron chi connectivity index (χ2n) is 3.31. The molecule has 0 atom stereocenters. The summed E-state index contributed by atoms with van der Waals surface area (Å²) >= 11 is 0. The minimum atomic E-state index is -4.05. The third-order valence-corrected chi connectivity index (χ3v) is 2.52. The normalized spacial score (nSPS) is 19.6. The Balaban J connectivity index is 2.46. The summed E-state index contributed by atoms with van der Waals surface area (Å²) in [5.41, 5.74) is 0. The lowest BCUT2D eigenvalue weighted by molar-refractivity contribution is 0.0109. The van der Waals surface area contributed by atoms with Crippen molar-refractivity contribution in [2.45, 2.75) is 25.2 Å².